The van der Waals surface area contributed by atoms with Gasteiger partial charge in [-0.2, -0.15) is 0 Å². The average Bonchev–Trinajstić information content (AvgIpc) is 2.97. The third-order valence-electron chi connectivity index (χ3n) is 3.00. The fourth-order valence-corrected chi connectivity index (χ4v) is 2.53. The molecular weight excluding hydrogens is 312 g/mol. The molecule has 0 unspecified atom stereocenters. The predicted molar refractivity (Wildman–Crippen MR) is 92.0 cm³/mol. The van der Waals surface area contributed by atoms with Gasteiger partial charge in [-0.1, -0.05) is 0 Å². The van der Waals surface area contributed by atoms with Gasteiger partial charge in [0.15, 0.2) is 0 Å². The first-order valence-electron chi connectivity index (χ1n) is 7.26. The van der Waals surface area contributed by atoms with E-state index in [1.807, 2.05) is 38.1 Å². The molecule has 0 fully saturated rings. The van der Waals surface area contributed by atoms with Crippen molar-refractivity contribution < 1.29 is 14.3 Å². The molecule has 5 nitrogen and oxygen atoms in total. The summed E-state index contributed by atoms with van der Waals surface area (Å²) < 4.78 is 10.8. The van der Waals surface area contributed by atoms with Crippen LogP contribution in [0.4, 0.5) is 0 Å². The predicted octanol–water partition coefficient (Wildman–Crippen LogP) is 3.06. The number of rotatable bonds is 7. The van der Waals surface area contributed by atoms with Crippen molar-refractivity contribution in [3.05, 3.63) is 46.4 Å². The van der Waals surface area contributed by atoms with Gasteiger partial charge in [-0.25, -0.2) is 4.98 Å². The fourth-order valence-electron chi connectivity index (χ4n) is 1.84. The molecule has 122 valence electrons. The number of aryl methyl sites for hydroxylation is 1. The van der Waals surface area contributed by atoms with Crippen molar-refractivity contribution in [1.29, 1.82) is 0 Å². The summed E-state index contributed by atoms with van der Waals surface area (Å²) in [5.74, 6) is 1.37. The van der Waals surface area contributed by atoms with E-state index in [4.69, 9.17) is 9.47 Å². The minimum Gasteiger partial charge on any atom is -0.497 e. The maximum absolute atomic E-state index is 11.8. The molecule has 0 saturated heterocycles. The zero-order valence-corrected chi connectivity index (χ0v) is 14.2. The molecule has 23 heavy (non-hydrogen) atoms. The van der Waals surface area contributed by atoms with E-state index in [2.05, 4.69) is 10.3 Å². The van der Waals surface area contributed by atoms with Crippen molar-refractivity contribution in [2.45, 2.75) is 20.0 Å². The van der Waals surface area contributed by atoms with Crippen LogP contribution in [0, 0.1) is 6.92 Å². The van der Waals surface area contributed by atoms with E-state index >= 15 is 0 Å². The molecule has 1 aromatic heterocycles. The molecule has 0 radical (unpaired) electrons. The quantitative estimate of drug-likeness (QED) is 0.792. The lowest BCUT2D eigenvalue weighted by Gasteiger charge is -2.15. The number of carbonyl (C=O) groups excluding carboxylic acids is 1. The number of hydrogen-bond donors (Lipinski definition) is 1. The summed E-state index contributed by atoms with van der Waals surface area (Å²) in [6.45, 7) is 4.26. The third kappa shape index (κ3) is 5.75. The first-order valence-corrected chi connectivity index (χ1v) is 8.07. The second-order valence-electron chi connectivity index (χ2n) is 4.96. The molecular formula is C17H20N2O3S. The van der Waals surface area contributed by atoms with Crippen LogP contribution >= 0.6 is 11.3 Å². The summed E-state index contributed by atoms with van der Waals surface area (Å²) in [5.41, 5.74) is 0. The number of carbonyl (C=O) groups is 1. The number of aromatic nitrogens is 1. The van der Waals surface area contributed by atoms with E-state index in [0.29, 0.717) is 6.54 Å². The number of nitrogens with zero attached hydrogens (tertiary/aromatic N) is 1. The molecule has 1 aromatic carbocycles. The van der Waals surface area contributed by atoms with Crippen molar-refractivity contribution in [1.82, 2.24) is 10.3 Å². The number of ether oxygens (including phenoxy) is 2. The Morgan fingerprint density at radius 3 is 2.65 bits per heavy atom. The average molecular weight is 332 g/mol. The number of methoxy groups -OCH3 is 1. The highest BCUT2D eigenvalue weighted by atomic mass is 32.1. The molecule has 0 spiro atoms. The van der Waals surface area contributed by atoms with Gasteiger partial charge < -0.3 is 14.8 Å². The third-order valence-corrected chi connectivity index (χ3v) is 3.88. The van der Waals surface area contributed by atoms with Gasteiger partial charge in [0.1, 0.15) is 17.6 Å². The maximum Gasteiger partial charge on any atom is 0.244 e. The van der Waals surface area contributed by atoms with Gasteiger partial charge in [0.05, 0.1) is 18.7 Å². The Morgan fingerprint density at radius 1 is 1.35 bits per heavy atom. The van der Waals surface area contributed by atoms with Gasteiger partial charge in [0.2, 0.25) is 5.91 Å². The van der Waals surface area contributed by atoms with Crippen molar-refractivity contribution in [2.24, 2.45) is 0 Å². The van der Waals surface area contributed by atoms with E-state index in [9.17, 15) is 4.79 Å². The smallest absolute Gasteiger partial charge is 0.244 e. The zero-order chi connectivity index (χ0) is 16.7. The van der Waals surface area contributed by atoms with Crippen molar-refractivity contribution in [3.63, 3.8) is 0 Å². The Hall–Kier alpha value is -2.34. The summed E-state index contributed by atoms with van der Waals surface area (Å²) in [7, 11) is 1.62. The second kappa shape index (κ2) is 8.33. The monoisotopic (exact) mass is 332 g/mol. The summed E-state index contributed by atoms with van der Waals surface area (Å²) >= 11 is 1.55. The van der Waals surface area contributed by atoms with Crippen LogP contribution in [-0.4, -0.2) is 30.6 Å². The molecule has 0 bridgehead atoms. The van der Waals surface area contributed by atoms with E-state index in [-0.39, 0.29) is 12.0 Å². The standard InChI is InChI=1S/C17H20N2O3S/c1-12(22-15-6-4-14(21-3)5-7-15)10-19-17(20)9-8-16-11-18-13(2)23-16/h4-9,11-12H,10H2,1-3H3,(H,19,20)/b9-8-/t12-/m0/s1. The summed E-state index contributed by atoms with van der Waals surface area (Å²) in [4.78, 5) is 16.9. The summed E-state index contributed by atoms with van der Waals surface area (Å²) in [6, 6.07) is 7.34. The number of amides is 1. The van der Waals surface area contributed by atoms with E-state index < -0.39 is 0 Å². The highest BCUT2D eigenvalue weighted by molar-refractivity contribution is 7.12. The lowest BCUT2D eigenvalue weighted by molar-refractivity contribution is -0.116. The first kappa shape index (κ1) is 17.0. The summed E-state index contributed by atoms with van der Waals surface area (Å²) in [6.07, 6.45) is 4.88. The molecule has 0 saturated carbocycles. The SMILES string of the molecule is COc1ccc(O[C@@H](C)CNC(=O)/C=C\c2cnc(C)s2)cc1. The van der Waals surface area contributed by atoms with Crippen molar-refractivity contribution in [3.8, 4) is 11.5 Å². The zero-order valence-electron chi connectivity index (χ0n) is 13.4. The van der Waals surface area contributed by atoms with Crippen LogP contribution in [0.1, 0.15) is 16.8 Å². The van der Waals surface area contributed by atoms with E-state index in [0.717, 1.165) is 21.4 Å². The lowest BCUT2D eigenvalue weighted by atomic mass is 10.3. The molecule has 1 heterocycles. The van der Waals surface area contributed by atoms with Crippen LogP contribution in [0.25, 0.3) is 6.08 Å². The minimum absolute atomic E-state index is 0.133. The van der Waals surface area contributed by atoms with Gasteiger partial charge in [-0.15, -0.1) is 11.3 Å². The molecule has 1 atom stereocenters. The lowest BCUT2D eigenvalue weighted by Crippen LogP contribution is -2.32. The number of nitrogens with one attached hydrogen (secondary N) is 1. The molecule has 1 amide bonds. The number of thiazole rings is 1. The van der Waals surface area contributed by atoms with E-state index in [1.54, 1.807) is 30.7 Å². The molecule has 0 aliphatic heterocycles. The number of benzene rings is 1. The maximum atomic E-state index is 11.8. The Bertz CT molecular complexity index is 665. The van der Waals surface area contributed by atoms with Gasteiger partial charge in [0.25, 0.3) is 0 Å². The van der Waals surface area contributed by atoms with Gasteiger partial charge in [0, 0.05) is 17.2 Å². The molecule has 6 heteroatoms. The van der Waals surface area contributed by atoms with E-state index in [1.165, 1.54) is 6.08 Å². The van der Waals surface area contributed by atoms with Crippen LogP contribution in [0.2, 0.25) is 0 Å². The van der Waals surface area contributed by atoms with Crippen LogP contribution in [0.5, 0.6) is 11.5 Å². The number of hydrogen-bond acceptors (Lipinski definition) is 5. The Morgan fingerprint density at radius 2 is 2.04 bits per heavy atom. The van der Waals surface area contributed by atoms with Crippen LogP contribution in [0.15, 0.2) is 36.5 Å². The highest BCUT2D eigenvalue weighted by Gasteiger charge is 2.06. The summed E-state index contributed by atoms with van der Waals surface area (Å²) in [5, 5.41) is 3.79. The fraction of sp³-hybridized carbons (Fsp3) is 0.294. The highest BCUT2D eigenvalue weighted by Crippen LogP contribution is 2.18. The molecule has 1 N–H and O–H groups in total. The first-order chi connectivity index (χ1) is 11.1. The topological polar surface area (TPSA) is 60.5 Å². The Kier molecular flexibility index (Phi) is 6.17. The molecule has 2 aromatic rings. The van der Waals surface area contributed by atoms with Crippen LogP contribution in [-0.2, 0) is 4.79 Å². The van der Waals surface area contributed by atoms with Crippen molar-refractivity contribution in [2.75, 3.05) is 13.7 Å². The van der Waals surface area contributed by atoms with Crippen molar-refractivity contribution >= 4 is 23.3 Å². The second-order valence-corrected chi connectivity index (χ2v) is 6.23. The van der Waals surface area contributed by atoms with Gasteiger partial charge in [-0.3, -0.25) is 4.79 Å². The minimum atomic E-state index is -0.152. The molecule has 2 rings (SSSR count). The Balaban J connectivity index is 1.75. The van der Waals surface area contributed by atoms with Crippen LogP contribution in [0.3, 0.4) is 0 Å². The largest absolute Gasteiger partial charge is 0.497 e. The molecule has 0 aliphatic carbocycles. The molecule has 0 aliphatic rings. The van der Waals surface area contributed by atoms with Gasteiger partial charge in [-0.05, 0) is 44.2 Å². The van der Waals surface area contributed by atoms with Crippen LogP contribution < -0.4 is 14.8 Å². The van der Waals surface area contributed by atoms with Gasteiger partial charge >= 0.3 is 0 Å². The Labute approximate surface area is 140 Å². The normalized spacial score (nSPS) is 12.1.